The number of ether oxygens (including phenoxy) is 1. The smallest absolute Gasteiger partial charge is 0.119 e. The number of nitrogens with one attached hydrogen (secondary N) is 1. The third kappa shape index (κ3) is 4.16. The monoisotopic (exact) mass is 293 g/mol. The first-order valence-corrected chi connectivity index (χ1v) is 8.90. The Labute approximate surface area is 127 Å². The fraction of sp³-hybridized carbons (Fsp3) is 0.647. The van der Waals surface area contributed by atoms with E-state index in [1.807, 2.05) is 11.8 Å². The van der Waals surface area contributed by atoms with Gasteiger partial charge in [-0.2, -0.15) is 11.8 Å². The molecule has 2 rings (SSSR count). The first-order chi connectivity index (χ1) is 9.74. The number of hydrogen-bond acceptors (Lipinski definition) is 3. The second kappa shape index (κ2) is 7.94. The molecule has 3 heteroatoms. The first-order valence-electron chi connectivity index (χ1n) is 7.75. The fourth-order valence-electron chi connectivity index (χ4n) is 2.92. The van der Waals surface area contributed by atoms with Gasteiger partial charge in [-0.25, -0.2) is 0 Å². The Morgan fingerprint density at radius 1 is 1.45 bits per heavy atom. The van der Waals surface area contributed by atoms with Crippen LogP contribution in [0.5, 0.6) is 5.75 Å². The molecule has 2 atom stereocenters. The summed E-state index contributed by atoms with van der Waals surface area (Å²) >= 11 is 2.03. The van der Waals surface area contributed by atoms with E-state index in [4.69, 9.17) is 4.74 Å². The minimum Gasteiger partial charge on any atom is -0.497 e. The average Bonchev–Trinajstić information content (AvgIpc) is 2.47. The number of fused-ring (bicyclic) bond motifs is 1. The minimum absolute atomic E-state index is 0.520. The molecule has 0 amide bonds. The molecule has 0 fully saturated rings. The summed E-state index contributed by atoms with van der Waals surface area (Å²) in [7, 11) is 1.74. The fourth-order valence-corrected chi connectivity index (χ4v) is 3.73. The van der Waals surface area contributed by atoms with Crippen LogP contribution < -0.4 is 10.1 Å². The van der Waals surface area contributed by atoms with Gasteiger partial charge < -0.3 is 10.1 Å². The van der Waals surface area contributed by atoms with E-state index in [0.717, 1.165) is 5.75 Å². The highest BCUT2D eigenvalue weighted by Gasteiger charge is 2.21. The Balaban J connectivity index is 1.97. The van der Waals surface area contributed by atoms with Crippen molar-refractivity contribution in [3.63, 3.8) is 0 Å². The normalized spacial score (nSPS) is 19.4. The summed E-state index contributed by atoms with van der Waals surface area (Å²) in [5.41, 5.74) is 2.94. The third-order valence-electron chi connectivity index (χ3n) is 4.05. The molecule has 1 aromatic rings. The zero-order valence-corrected chi connectivity index (χ0v) is 13.8. The molecule has 0 radical (unpaired) electrons. The van der Waals surface area contributed by atoms with Crippen molar-refractivity contribution in [3.8, 4) is 5.75 Å². The maximum atomic E-state index is 5.34. The van der Waals surface area contributed by atoms with Gasteiger partial charge in [0.2, 0.25) is 0 Å². The van der Waals surface area contributed by atoms with Crippen LogP contribution in [0.25, 0.3) is 0 Å². The molecule has 0 heterocycles. The minimum atomic E-state index is 0.520. The lowest BCUT2D eigenvalue weighted by Crippen LogP contribution is -2.33. The second-order valence-corrected chi connectivity index (χ2v) is 6.96. The van der Waals surface area contributed by atoms with Crippen LogP contribution in [-0.4, -0.2) is 24.7 Å². The van der Waals surface area contributed by atoms with Crippen molar-refractivity contribution in [2.75, 3.05) is 18.6 Å². The van der Waals surface area contributed by atoms with Gasteiger partial charge in [-0.15, -0.1) is 0 Å². The van der Waals surface area contributed by atoms with Gasteiger partial charge in [0.15, 0.2) is 0 Å². The molecule has 1 aromatic carbocycles. The highest BCUT2D eigenvalue weighted by molar-refractivity contribution is 7.99. The number of benzene rings is 1. The molecule has 1 aliphatic rings. The maximum absolute atomic E-state index is 5.34. The zero-order valence-electron chi connectivity index (χ0n) is 12.9. The molecule has 2 nitrogen and oxygen atoms in total. The lowest BCUT2D eigenvalue weighted by molar-refractivity contribution is 0.396. The van der Waals surface area contributed by atoms with Crippen molar-refractivity contribution in [2.24, 2.45) is 0 Å². The van der Waals surface area contributed by atoms with E-state index >= 15 is 0 Å². The summed E-state index contributed by atoms with van der Waals surface area (Å²) in [6.07, 6.45) is 4.96. The maximum Gasteiger partial charge on any atom is 0.119 e. The van der Waals surface area contributed by atoms with Crippen LogP contribution in [0.2, 0.25) is 0 Å². The molecule has 2 unspecified atom stereocenters. The van der Waals surface area contributed by atoms with Gasteiger partial charge in [0, 0.05) is 12.1 Å². The van der Waals surface area contributed by atoms with Gasteiger partial charge in [-0.3, -0.25) is 0 Å². The molecule has 0 saturated carbocycles. The Morgan fingerprint density at radius 3 is 3.05 bits per heavy atom. The van der Waals surface area contributed by atoms with Gasteiger partial charge in [0.25, 0.3) is 0 Å². The summed E-state index contributed by atoms with van der Waals surface area (Å²) in [6, 6.07) is 7.66. The molecule has 1 N–H and O–H groups in total. The largest absolute Gasteiger partial charge is 0.497 e. The SMILES string of the molecule is CCSCCC(C)NC1CCCc2cc(OC)ccc21. The van der Waals surface area contributed by atoms with E-state index in [0.29, 0.717) is 12.1 Å². The van der Waals surface area contributed by atoms with Crippen molar-refractivity contribution in [3.05, 3.63) is 29.3 Å². The quantitative estimate of drug-likeness (QED) is 0.762. The number of rotatable bonds is 7. The standard InChI is InChI=1S/C17H27NOS/c1-4-20-11-10-13(2)18-17-7-5-6-14-12-15(19-3)8-9-16(14)17/h8-9,12-13,17-18H,4-7,10-11H2,1-3H3. The number of hydrogen-bond donors (Lipinski definition) is 1. The van der Waals surface area contributed by atoms with E-state index in [1.165, 1.54) is 48.3 Å². The summed E-state index contributed by atoms with van der Waals surface area (Å²) in [5.74, 6) is 3.46. The number of methoxy groups -OCH3 is 1. The molecule has 0 saturated heterocycles. The van der Waals surface area contributed by atoms with Crippen LogP contribution in [0.3, 0.4) is 0 Å². The Morgan fingerprint density at radius 2 is 2.30 bits per heavy atom. The van der Waals surface area contributed by atoms with E-state index in [9.17, 15) is 0 Å². The molecule has 1 aliphatic carbocycles. The van der Waals surface area contributed by atoms with Crippen LogP contribution in [-0.2, 0) is 6.42 Å². The molecule has 112 valence electrons. The Kier molecular flexibility index (Phi) is 6.24. The van der Waals surface area contributed by atoms with Gasteiger partial charge in [0.1, 0.15) is 5.75 Å². The predicted molar refractivity (Wildman–Crippen MR) is 88.9 cm³/mol. The van der Waals surface area contributed by atoms with Crippen LogP contribution in [0.4, 0.5) is 0 Å². The van der Waals surface area contributed by atoms with Crippen molar-refractivity contribution < 1.29 is 4.74 Å². The van der Waals surface area contributed by atoms with Crippen molar-refractivity contribution in [1.82, 2.24) is 5.32 Å². The first kappa shape index (κ1) is 15.7. The molecule has 0 aliphatic heterocycles. The molecular formula is C17H27NOS. The van der Waals surface area contributed by atoms with Crippen LogP contribution in [0.15, 0.2) is 18.2 Å². The van der Waals surface area contributed by atoms with Crippen molar-refractivity contribution >= 4 is 11.8 Å². The van der Waals surface area contributed by atoms with E-state index < -0.39 is 0 Å². The molecular weight excluding hydrogens is 266 g/mol. The lowest BCUT2D eigenvalue weighted by atomic mass is 9.87. The van der Waals surface area contributed by atoms with Gasteiger partial charge in [0.05, 0.1) is 7.11 Å². The zero-order chi connectivity index (χ0) is 14.4. The van der Waals surface area contributed by atoms with Gasteiger partial charge in [-0.1, -0.05) is 13.0 Å². The van der Waals surface area contributed by atoms with Gasteiger partial charge in [-0.05, 0) is 67.4 Å². The highest BCUT2D eigenvalue weighted by atomic mass is 32.2. The highest BCUT2D eigenvalue weighted by Crippen LogP contribution is 2.32. The van der Waals surface area contributed by atoms with E-state index in [1.54, 1.807) is 7.11 Å². The second-order valence-electron chi connectivity index (χ2n) is 5.56. The van der Waals surface area contributed by atoms with Crippen LogP contribution in [0.1, 0.15) is 50.3 Å². The van der Waals surface area contributed by atoms with Crippen molar-refractivity contribution in [2.45, 2.75) is 51.6 Å². The number of thioether (sulfide) groups is 1. The summed E-state index contributed by atoms with van der Waals surface area (Å²) < 4.78 is 5.34. The predicted octanol–water partition coefficient (Wildman–Crippen LogP) is 4.19. The summed E-state index contributed by atoms with van der Waals surface area (Å²) in [6.45, 7) is 4.54. The topological polar surface area (TPSA) is 21.3 Å². The molecule has 0 aromatic heterocycles. The van der Waals surface area contributed by atoms with E-state index in [2.05, 4.69) is 37.4 Å². The molecule has 20 heavy (non-hydrogen) atoms. The number of aryl methyl sites for hydroxylation is 1. The van der Waals surface area contributed by atoms with Crippen molar-refractivity contribution in [1.29, 1.82) is 0 Å². The lowest BCUT2D eigenvalue weighted by Gasteiger charge is -2.29. The van der Waals surface area contributed by atoms with Gasteiger partial charge >= 0.3 is 0 Å². The molecule has 0 spiro atoms. The summed E-state index contributed by atoms with van der Waals surface area (Å²) in [5, 5.41) is 3.82. The van der Waals surface area contributed by atoms with Crippen LogP contribution >= 0.6 is 11.8 Å². The average molecular weight is 293 g/mol. The van der Waals surface area contributed by atoms with Crippen LogP contribution in [0, 0.1) is 0 Å². The summed E-state index contributed by atoms with van der Waals surface area (Å²) in [4.78, 5) is 0. The van der Waals surface area contributed by atoms with E-state index in [-0.39, 0.29) is 0 Å². The molecule has 0 bridgehead atoms. The Bertz CT molecular complexity index is 421. The third-order valence-corrected chi connectivity index (χ3v) is 4.98. The Hall–Kier alpha value is -0.670.